The molecule has 4 nitrogen and oxygen atoms in total. The SMILES string of the molecule is CN(C)C(CNC1=NCCN1)c1ccsc1.I. The van der Waals surface area contributed by atoms with E-state index in [1.54, 1.807) is 11.3 Å². The summed E-state index contributed by atoms with van der Waals surface area (Å²) >= 11 is 1.74. The Balaban J connectivity index is 0.00000144. The van der Waals surface area contributed by atoms with Crippen molar-refractivity contribution in [3.63, 3.8) is 0 Å². The van der Waals surface area contributed by atoms with Crippen molar-refractivity contribution in [2.45, 2.75) is 6.04 Å². The van der Waals surface area contributed by atoms with E-state index in [2.05, 4.69) is 51.4 Å². The predicted molar refractivity (Wildman–Crippen MR) is 84.5 cm³/mol. The van der Waals surface area contributed by atoms with E-state index in [4.69, 9.17) is 0 Å². The quantitative estimate of drug-likeness (QED) is 0.794. The fourth-order valence-corrected chi connectivity index (χ4v) is 2.48. The van der Waals surface area contributed by atoms with Crippen LogP contribution in [-0.2, 0) is 0 Å². The molecule has 2 heterocycles. The smallest absolute Gasteiger partial charge is 0.191 e. The lowest BCUT2D eigenvalue weighted by Crippen LogP contribution is -2.39. The Morgan fingerprint density at radius 1 is 1.59 bits per heavy atom. The number of aliphatic imine (C=N–C) groups is 1. The highest BCUT2D eigenvalue weighted by atomic mass is 127. The van der Waals surface area contributed by atoms with Crippen LogP contribution in [0.5, 0.6) is 0 Å². The van der Waals surface area contributed by atoms with Crippen LogP contribution in [0.3, 0.4) is 0 Å². The number of hydrogen-bond acceptors (Lipinski definition) is 5. The Kier molecular flexibility index (Phi) is 6.21. The summed E-state index contributed by atoms with van der Waals surface area (Å²) in [6.07, 6.45) is 0. The molecule has 0 bridgehead atoms. The number of halogens is 1. The number of thiophene rings is 1. The van der Waals surface area contributed by atoms with Crippen molar-refractivity contribution in [3.05, 3.63) is 22.4 Å². The van der Waals surface area contributed by atoms with Gasteiger partial charge in [-0.1, -0.05) is 0 Å². The highest BCUT2D eigenvalue weighted by Crippen LogP contribution is 2.19. The summed E-state index contributed by atoms with van der Waals surface area (Å²) in [5.41, 5.74) is 1.36. The third-order valence-corrected chi connectivity index (χ3v) is 3.39. The summed E-state index contributed by atoms with van der Waals surface area (Å²) in [4.78, 5) is 6.55. The van der Waals surface area contributed by atoms with Gasteiger partial charge in [-0.25, -0.2) is 0 Å². The van der Waals surface area contributed by atoms with Crippen LogP contribution in [0.1, 0.15) is 11.6 Å². The van der Waals surface area contributed by atoms with Crippen LogP contribution in [0.25, 0.3) is 0 Å². The molecule has 1 aliphatic rings. The summed E-state index contributed by atoms with van der Waals surface area (Å²) in [5.74, 6) is 0.932. The zero-order chi connectivity index (χ0) is 11.4. The Labute approximate surface area is 124 Å². The zero-order valence-electron chi connectivity index (χ0n) is 10.1. The molecule has 0 fully saturated rings. The molecular weight excluding hydrogens is 347 g/mol. The van der Waals surface area contributed by atoms with Gasteiger partial charge in [-0.15, -0.1) is 24.0 Å². The fourth-order valence-electron chi connectivity index (χ4n) is 1.77. The van der Waals surface area contributed by atoms with Crippen molar-refractivity contribution in [1.29, 1.82) is 0 Å². The Morgan fingerprint density at radius 2 is 2.41 bits per heavy atom. The first-order valence-electron chi connectivity index (χ1n) is 5.48. The second kappa shape index (κ2) is 7.17. The molecule has 0 saturated carbocycles. The van der Waals surface area contributed by atoms with Crippen molar-refractivity contribution < 1.29 is 0 Å². The minimum atomic E-state index is 0. The second-order valence-electron chi connectivity index (χ2n) is 4.07. The predicted octanol–water partition coefficient (Wildman–Crippen LogP) is 1.52. The van der Waals surface area contributed by atoms with Crippen LogP contribution in [0.4, 0.5) is 0 Å². The molecule has 0 amide bonds. The molecule has 2 rings (SSSR count). The van der Waals surface area contributed by atoms with Gasteiger partial charge in [0.15, 0.2) is 5.96 Å². The molecule has 0 aliphatic carbocycles. The molecule has 0 saturated heterocycles. The molecular formula is C11H19IN4S. The first kappa shape index (κ1) is 14.7. The van der Waals surface area contributed by atoms with Crippen LogP contribution in [-0.4, -0.2) is 44.6 Å². The van der Waals surface area contributed by atoms with Crippen LogP contribution in [0.2, 0.25) is 0 Å². The van der Waals surface area contributed by atoms with E-state index in [0.717, 1.165) is 25.6 Å². The maximum absolute atomic E-state index is 4.33. The summed E-state index contributed by atoms with van der Waals surface area (Å²) in [5, 5.41) is 10.9. The Morgan fingerprint density at radius 3 is 2.94 bits per heavy atom. The van der Waals surface area contributed by atoms with Gasteiger partial charge in [0, 0.05) is 13.1 Å². The molecule has 0 spiro atoms. The maximum Gasteiger partial charge on any atom is 0.191 e. The molecule has 0 radical (unpaired) electrons. The number of hydrogen-bond donors (Lipinski definition) is 2. The lowest BCUT2D eigenvalue weighted by Gasteiger charge is -2.24. The van der Waals surface area contributed by atoms with Gasteiger partial charge in [0.25, 0.3) is 0 Å². The number of nitrogens with one attached hydrogen (secondary N) is 2. The summed E-state index contributed by atoms with van der Waals surface area (Å²) < 4.78 is 0. The molecule has 1 aliphatic heterocycles. The highest BCUT2D eigenvalue weighted by Gasteiger charge is 2.15. The van der Waals surface area contributed by atoms with E-state index in [1.807, 2.05) is 0 Å². The van der Waals surface area contributed by atoms with Gasteiger partial charge < -0.3 is 15.5 Å². The van der Waals surface area contributed by atoms with E-state index < -0.39 is 0 Å². The minimum Gasteiger partial charge on any atom is -0.355 e. The van der Waals surface area contributed by atoms with E-state index in [0.29, 0.717) is 6.04 Å². The average Bonchev–Trinajstić information content (AvgIpc) is 2.88. The molecule has 0 aromatic carbocycles. The van der Waals surface area contributed by atoms with Gasteiger partial charge >= 0.3 is 0 Å². The van der Waals surface area contributed by atoms with E-state index in [-0.39, 0.29) is 24.0 Å². The van der Waals surface area contributed by atoms with Crippen LogP contribution >= 0.6 is 35.3 Å². The molecule has 1 unspecified atom stereocenters. The molecule has 1 atom stereocenters. The lowest BCUT2D eigenvalue weighted by molar-refractivity contribution is 0.299. The molecule has 6 heteroatoms. The average molecular weight is 366 g/mol. The van der Waals surface area contributed by atoms with Crippen molar-refractivity contribution in [3.8, 4) is 0 Å². The van der Waals surface area contributed by atoms with Crippen LogP contribution in [0, 0.1) is 0 Å². The topological polar surface area (TPSA) is 39.7 Å². The minimum absolute atomic E-state index is 0. The maximum atomic E-state index is 4.33. The second-order valence-corrected chi connectivity index (χ2v) is 4.85. The normalized spacial score (nSPS) is 16.1. The summed E-state index contributed by atoms with van der Waals surface area (Å²) in [6, 6.07) is 2.58. The molecule has 96 valence electrons. The first-order chi connectivity index (χ1) is 7.77. The van der Waals surface area contributed by atoms with Gasteiger partial charge in [-0.3, -0.25) is 4.99 Å². The Hall–Kier alpha value is -0.340. The Bertz CT molecular complexity index is 350. The number of likely N-dealkylation sites (N-methyl/N-ethyl adjacent to an activating group) is 1. The van der Waals surface area contributed by atoms with Crippen molar-refractivity contribution in [1.82, 2.24) is 15.5 Å². The summed E-state index contributed by atoms with van der Waals surface area (Å²) in [6.45, 7) is 2.72. The largest absolute Gasteiger partial charge is 0.355 e. The van der Waals surface area contributed by atoms with Crippen molar-refractivity contribution in [2.24, 2.45) is 4.99 Å². The number of nitrogens with zero attached hydrogens (tertiary/aromatic N) is 2. The van der Waals surface area contributed by atoms with Gasteiger partial charge in [0.1, 0.15) is 0 Å². The van der Waals surface area contributed by atoms with E-state index in [9.17, 15) is 0 Å². The van der Waals surface area contributed by atoms with Crippen molar-refractivity contribution in [2.75, 3.05) is 33.7 Å². The zero-order valence-corrected chi connectivity index (χ0v) is 13.3. The standard InChI is InChI=1S/C11H18N4S.HI/c1-15(2)10(9-3-6-16-8-9)7-14-11-12-4-5-13-11;/h3,6,8,10H,4-5,7H2,1-2H3,(H2,12,13,14);1H. The third-order valence-electron chi connectivity index (χ3n) is 2.69. The monoisotopic (exact) mass is 366 g/mol. The lowest BCUT2D eigenvalue weighted by atomic mass is 10.1. The van der Waals surface area contributed by atoms with Crippen molar-refractivity contribution >= 4 is 41.3 Å². The van der Waals surface area contributed by atoms with Crippen LogP contribution in [0.15, 0.2) is 21.8 Å². The summed E-state index contributed by atoms with van der Waals surface area (Å²) in [7, 11) is 4.21. The highest BCUT2D eigenvalue weighted by molar-refractivity contribution is 14.0. The van der Waals surface area contributed by atoms with Gasteiger partial charge in [0.05, 0.1) is 12.6 Å². The molecule has 1 aromatic heterocycles. The molecule has 2 N–H and O–H groups in total. The number of guanidine groups is 1. The fraction of sp³-hybridized carbons (Fsp3) is 0.545. The van der Waals surface area contributed by atoms with E-state index >= 15 is 0 Å². The molecule has 17 heavy (non-hydrogen) atoms. The number of rotatable bonds is 4. The molecule has 1 aromatic rings. The van der Waals surface area contributed by atoms with Gasteiger partial charge in [-0.2, -0.15) is 11.3 Å². The van der Waals surface area contributed by atoms with E-state index in [1.165, 1.54) is 5.56 Å². The first-order valence-corrected chi connectivity index (χ1v) is 6.42. The third kappa shape index (κ3) is 4.11. The van der Waals surface area contributed by atoms with Crippen LogP contribution < -0.4 is 10.6 Å². The van der Waals surface area contributed by atoms with Gasteiger partial charge in [0.2, 0.25) is 0 Å². The van der Waals surface area contributed by atoms with Gasteiger partial charge in [-0.05, 0) is 36.5 Å².